The normalized spacial score (nSPS) is 11.9. The van der Waals surface area contributed by atoms with Gasteiger partial charge < -0.3 is 9.84 Å². The van der Waals surface area contributed by atoms with Crippen LogP contribution in [0.1, 0.15) is 11.1 Å². The van der Waals surface area contributed by atoms with Crippen LogP contribution >= 0.6 is 15.9 Å². The van der Waals surface area contributed by atoms with Gasteiger partial charge >= 0.3 is 6.18 Å². The van der Waals surface area contributed by atoms with Gasteiger partial charge in [-0.2, -0.15) is 22.9 Å². The van der Waals surface area contributed by atoms with Crippen molar-refractivity contribution in [3.05, 3.63) is 86.6 Å². The molecule has 0 atom stereocenters. The van der Waals surface area contributed by atoms with Crippen molar-refractivity contribution in [3.8, 4) is 22.9 Å². The average molecular weight is 518 g/mol. The highest BCUT2D eigenvalue weighted by molar-refractivity contribution is 9.10. The lowest BCUT2D eigenvalue weighted by molar-refractivity contribution is -0.137. The van der Waals surface area contributed by atoms with Crippen LogP contribution in [0.15, 0.2) is 75.0 Å². The number of halogens is 4. The Balaban J connectivity index is 1.93. The molecule has 0 saturated heterocycles. The molecule has 0 fully saturated rings. The van der Waals surface area contributed by atoms with E-state index in [2.05, 4.69) is 26.0 Å². The molecule has 0 aliphatic rings. The zero-order valence-corrected chi connectivity index (χ0v) is 18.6. The van der Waals surface area contributed by atoms with Crippen LogP contribution in [0.25, 0.3) is 22.3 Å². The van der Waals surface area contributed by atoms with Crippen molar-refractivity contribution in [2.45, 2.75) is 6.18 Å². The maximum absolute atomic E-state index is 13.3. The molecule has 1 heterocycles. The number of fused-ring (bicyclic) bond motifs is 1. The summed E-state index contributed by atoms with van der Waals surface area (Å²) in [5.74, 6) is 0.0163. The van der Waals surface area contributed by atoms with E-state index in [1.807, 2.05) is 0 Å². The number of alkyl halides is 3. The van der Waals surface area contributed by atoms with Gasteiger partial charge in [0.2, 0.25) is 0 Å². The largest absolute Gasteiger partial charge is 0.503 e. The predicted molar refractivity (Wildman–Crippen MR) is 122 cm³/mol. The summed E-state index contributed by atoms with van der Waals surface area (Å²) in [6, 6.07) is 14.1. The van der Waals surface area contributed by atoms with E-state index < -0.39 is 17.3 Å². The molecule has 1 aromatic heterocycles. The minimum Gasteiger partial charge on any atom is -0.503 e. The minimum absolute atomic E-state index is 0.0501. The van der Waals surface area contributed by atoms with Gasteiger partial charge in [-0.25, -0.2) is 4.98 Å². The van der Waals surface area contributed by atoms with Crippen molar-refractivity contribution >= 4 is 33.0 Å². The highest BCUT2D eigenvalue weighted by Gasteiger charge is 2.31. The number of hydrogen-bond acceptors (Lipinski definition) is 5. The molecule has 4 rings (SSSR count). The molecule has 10 heteroatoms. The number of aromatic nitrogens is 2. The number of benzene rings is 3. The van der Waals surface area contributed by atoms with Gasteiger partial charge in [-0.1, -0.05) is 24.3 Å². The molecule has 4 aromatic rings. The first-order valence-corrected chi connectivity index (χ1v) is 10.3. The molecule has 0 bridgehead atoms. The summed E-state index contributed by atoms with van der Waals surface area (Å²) < 4.78 is 46.2. The van der Waals surface area contributed by atoms with Crippen molar-refractivity contribution in [2.75, 3.05) is 7.11 Å². The van der Waals surface area contributed by atoms with E-state index in [4.69, 9.17) is 4.74 Å². The quantitative estimate of drug-likeness (QED) is 0.365. The molecule has 0 spiro atoms. The molecule has 0 aliphatic carbocycles. The number of phenolic OH excluding ortho intramolecular Hbond substituents is 1. The van der Waals surface area contributed by atoms with Crippen LogP contribution in [0.3, 0.4) is 0 Å². The van der Waals surface area contributed by atoms with Gasteiger partial charge in [-0.05, 0) is 57.9 Å². The van der Waals surface area contributed by atoms with E-state index in [-0.39, 0.29) is 28.3 Å². The summed E-state index contributed by atoms with van der Waals surface area (Å²) in [7, 11) is 1.38. The molecule has 0 unspecified atom stereocenters. The first-order chi connectivity index (χ1) is 15.7. The Labute approximate surface area is 193 Å². The summed E-state index contributed by atoms with van der Waals surface area (Å²) in [6.07, 6.45) is -3.24. The van der Waals surface area contributed by atoms with Gasteiger partial charge in [0.25, 0.3) is 5.56 Å². The average Bonchev–Trinajstić information content (AvgIpc) is 2.80. The molecule has 33 heavy (non-hydrogen) atoms. The summed E-state index contributed by atoms with van der Waals surface area (Å²) in [5, 5.41) is 14.5. The van der Waals surface area contributed by atoms with E-state index in [1.165, 1.54) is 31.5 Å². The number of hydrogen-bond donors (Lipinski definition) is 1. The van der Waals surface area contributed by atoms with Gasteiger partial charge in [0, 0.05) is 5.56 Å². The lowest BCUT2D eigenvalue weighted by Gasteiger charge is -2.12. The van der Waals surface area contributed by atoms with Crippen molar-refractivity contribution in [3.63, 3.8) is 0 Å². The Morgan fingerprint density at radius 1 is 1.12 bits per heavy atom. The summed E-state index contributed by atoms with van der Waals surface area (Å²) in [6.45, 7) is 0. The number of rotatable bonds is 4. The maximum Gasteiger partial charge on any atom is 0.416 e. The number of phenols is 1. The van der Waals surface area contributed by atoms with Crippen LogP contribution in [0.5, 0.6) is 11.5 Å². The lowest BCUT2D eigenvalue weighted by atomic mass is 10.1. The van der Waals surface area contributed by atoms with Crippen LogP contribution in [0, 0.1) is 0 Å². The smallest absolute Gasteiger partial charge is 0.416 e. The number of para-hydroxylation sites is 1. The Bertz CT molecular complexity index is 1450. The first kappa shape index (κ1) is 22.5. The lowest BCUT2D eigenvalue weighted by Crippen LogP contribution is -2.20. The fourth-order valence-electron chi connectivity index (χ4n) is 3.20. The number of methoxy groups -OCH3 is 1. The standard InChI is InChI=1S/C23H15BrF3N3O3/c1-33-19-10-13(9-17(24)20(19)31)12-28-30-21(14-5-4-6-15(11-14)23(25,26)27)29-18-8-3-2-7-16(18)22(30)32/h2-12,31H,1H3. The molecule has 1 N–H and O–H groups in total. The topological polar surface area (TPSA) is 76.7 Å². The van der Waals surface area contributed by atoms with E-state index in [0.717, 1.165) is 16.8 Å². The second-order valence-electron chi connectivity index (χ2n) is 6.95. The molecule has 0 amide bonds. The highest BCUT2D eigenvalue weighted by atomic mass is 79.9. The summed E-state index contributed by atoms with van der Waals surface area (Å²) in [4.78, 5) is 17.6. The highest BCUT2D eigenvalue weighted by Crippen LogP contribution is 2.35. The fraction of sp³-hybridized carbons (Fsp3) is 0.0870. The zero-order valence-electron chi connectivity index (χ0n) is 17.0. The summed E-state index contributed by atoms with van der Waals surface area (Å²) >= 11 is 3.21. The SMILES string of the molecule is COc1cc(C=Nn2c(-c3cccc(C(F)(F)F)c3)nc3ccccc3c2=O)cc(Br)c1O. The Hall–Kier alpha value is -3.66. The molecule has 168 valence electrons. The molecule has 3 aromatic carbocycles. The third-order valence-corrected chi connectivity index (χ3v) is 5.40. The zero-order chi connectivity index (χ0) is 23.8. The van der Waals surface area contributed by atoms with E-state index >= 15 is 0 Å². The van der Waals surface area contributed by atoms with Crippen LogP contribution in [0.4, 0.5) is 13.2 Å². The molecule has 0 aliphatic heterocycles. The second-order valence-corrected chi connectivity index (χ2v) is 7.80. The Morgan fingerprint density at radius 2 is 1.88 bits per heavy atom. The summed E-state index contributed by atoms with van der Waals surface area (Å²) in [5.41, 5.74) is -0.546. The van der Waals surface area contributed by atoms with Gasteiger partial charge in [0.05, 0.1) is 34.3 Å². The van der Waals surface area contributed by atoms with E-state index in [9.17, 15) is 23.1 Å². The van der Waals surface area contributed by atoms with Crippen LogP contribution < -0.4 is 10.3 Å². The molecule has 0 saturated carbocycles. The third kappa shape index (κ3) is 4.47. The Kier molecular flexibility index (Phi) is 5.94. The number of nitrogens with zero attached hydrogens (tertiary/aromatic N) is 3. The minimum atomic E-state index is -4.56. The third-order valence-electron chi connectivity index (χ3n) is 4.79. The van der Waals surface area contributed by atoms with Crippen LogP contribution in [-0.2, 0) is 6.18 Å². The van der Waals surface area contributed by atoms with Gasteiger partial charge in [-0.3, -0.25) is 4.79 Å². The monoisotopic (exact) mass is 517 g/mol. The Morgan fingerprint density at radius 3 is 2.61 bits per heavy atom. The van der Waals surface area contributed by atoms with Gasteiger partial charge in [0.1, 0.15) is 0 Å². The van der Waals surface area contributed by atoms with Gasteiger partial charge in [-0.15, -0.1) is 0 Å². The molecule has 6 nitrogen and oxygen atoms in total. The number of ether oxygens (including phenoxy) is 1. The van der Waals surface area contributed by atoms with Crippen LogP contribution in [0.2, 0.25) is 0 Å². The van der Waals surface area contributed by atoms with Crippen molar-refractivity contribution in [1.29, 1.82) is 0 Å². The molecular formula is C23H15BrF3N3O3. The predicted octanol–water partition coefficient (Wildman–Crippen LogP) is 5.44. The van der Waals surface area contributed by atoms with Gasteiger partial charge in [0.15, 0.2) is 17.3 Å². The number of aromatic hydroxyl groups is 1. The molecule has 0 radical (unpaired) electrons. The van der Waals surface area contributed by atoms with E-state index in [0.29, 0.717) is 15.6 Å². The van der Waals surface area contributed by atoms with E-state index in [1.54, 1.807) is 30.3 Å². The first-order valence-electron chi connectivity index (χ1n) is 9.49. The fourth-order valence-corrected chi connectivity index (χ4v) is 3.66. The van der Waals surface area contributed by atoms with Crippen molar-refractivity contribution in [1.82, 2.24) is 9.66 Å². The maximum atomic E-state index is 13.3. The van der Waals surface area contributed by atoms with Crippen molar-refractivity contribution < 1.29 is 23.0 Å². The van der Waals surface area contributed by atoms with Crippen LogP contribution in [-0.4, -0.2) is 28.1 Å². The van der Waals surface area contributed by atoms with Crippen molar-refractivity contribution in [2.24, 2.45) is 5.10 Å². The second kappa shape index (κ2) is 8.70. The molecular weight excluding hydrogens is 503 g/mol.